The number of likely N-dealkylation sites (tertiary alicyclic amines) is 1. The summed E-state index contributed by atoms with van der Waals surface area (Å²) in [6.45, 7) is 6.89. The van der Waals surface area contributed by atoms with Gasteiger partial charge in [-0.1, -0.05) is 18.2 Å². The van der Waals surface area contributed by atoms with Crippen LogP contribution in [0.2, 0.25) is 0 Å². The molecular formula is C21H27N7O3. The van der Waals surface area contributed by atoms with Crippen LogP contribution in [0.25, 0.3) is 0 Å². The number of amides is 1. The molecule has 1 aromatic carbocycles. The van der Waals surface area contributed by atoms with Gasteiger partial charge >= 0.3 is 6.09 Å². The monoisotopic (exact) mass is 425 g/mol. The fourth-order valence-electron chi connectivity index (χ4n) is 3.50. The highest BCUT2D eigenvalue weighted by atomic mass is 16.6. The van der Waals surface area contributed by atoms with Crippen molar-refractivity contribution in [3.05, 3.63) is 54.6 Å². The molecule has 1 unspecified atom stereocenters. The number of ether oxygens (including phenoxy) is 2. The number of hydrogen-bond donors (Lipinski definition) is 0. The van der Waals surface area contributed by atoms with Gasteiger partial charge in [-0.05, 0) is 56.2 Å². The first-order valence-corrected chi connectivity index (χ1v) is 10.4. The molecule has 0 aliphatic carbocycles. The molecule has 1 aliphatic rings. The average Bonchev–Trinajstić information content (AvgIpc) is 3.44. The van der Waals surface area contributed by atoms with E-state index in [1.165, 1.54) is 6.33 Å². The van der Waals surface area contributed by atoms with Crippen molar-refractivity contribution in [2.75, 3.05) is 13.1 Å². The number of hydrogen-bond acceptors (Lipinski definition) is 7. The fourth-order valence-corrected chi connectivity index (χ4v) is 3.50. The van der Waals surface area contributed by atoms with Crippen molar-refractivity contribution >= 4 is 6.09 Å². The molecule has 3 heterocycles. The molecule has 4 rings (SSSR count). The van der Waals surface area contributed by atoms with Crippen LogP contribution < -0.4 is 4.74 Å². The van der Waals surface area contributed by atoms with Crippen molar-refractivity contribution in [3.8, 4) is 5.75 Å². The first-order chi connectivity index (χ1) is 14.9. The Bertz CT molecular complexity index is 974. The van der Waals surface area contributed by atoms with Crippen LogP contribution in [0.1, 0.15) is 51.4 Å². The van der Waals surface area contributed by atoms with Gasteiger partial charge < -0.3 is 14.4 Å². The lowest BCUT2D eigenvalue weighted by atomic mass is 10.1. The molecule has 1 amide bonds. The predicted octanol–water partition coefficient (Wildman–Crippen LogP) is 3.07. The highest BCUT2D eigenvalue weighted by Gasteiger charge is 2.28. The molecule has 10 nitrogen and oxygen atoms in total. The fraction of sp³-hybridized carbons (Fsp3) is 0.476. The molecule has 0 radical (unpaired) electrons. The van der Waals surface area contributed by atoms with Crippen molar-refractivity contribution in [3.63, 3.8) is 0 Å². The van der Waals surface area contributed by atoms with Gasteiger partial charge in [-0.25, -0.2) is 4.79 Å². The first-order valence-electron chi connectivity index (χ1n) is 10.4. The van der Waals surface area contributed by atoms with Crippen LogP contribution in [-0.4, -0.2) is 59.7 Å². The van der Waals surface area contributed by atoms with E-state index < -0.39 is 11.8 Å². The minimum absolute atomic E-state index is 0.193. The SMILES string of the molecule is CC(C)(C)OC(=O)N1CCC(n2cc(C(Oc3ccccc3)n3cnnn3)cn2)CC1. The first kappa shape index (κ1) is 20.8. The summed E-state index contributed by atoms with van der Waals surface area (Å²) in [6.07, 6.45) is 6.06. The molecule has 2 aromatic heterocycles. The average molecular weight is 425 g/mol. The Hall–Kier alpha value is -3.43. The number of aromatic nitrogens is 6. The molecule has 1 saturated heterocycles. The lowest BCUT2D eigenvalue weighted by Crippen LogP contribution is -2.42. The zero-order chi connectivity index (χ0) is 21.8. The summed E-state index contributed by atoms with van der Waals surface area (Å²) in [7, 11) is 0. The molecule has 1 fully saturated rings. The second-order valence-electron chi connectivity index (χ2n) is 8.53. The third-order valence-electron chi connectivity index (χ3n) is 4.99. The van der Waals surface area contributed by atoms with Crippen molar-refractivity contribution < 1.29 is 14.3 Å². The Labute approximate surface area is 180 Å². The van der Waals surface area contributed by atoms with E-state index in [1.807, 2.05) is 62.0 Å². The summed E-state index contributed by atoms with van der Waals surface area (Å²) in [6, 6.07) is 9.71. The number of benzene rings is 1. The molecule has 0 bridgehead atoms. The molecule has 164 valence electrons. The van der Waals surface area contributed by atoms with Gasteiger partial charge in [0.25, 0.3) is 0 Å². The van der Waals surface area contributed by atoms with Crippen LogP contribution in [0, 0.1) is 0 Å². The normalized spacial score (nSPS) is 16.2. The smallest absolute Gasteiger partial charge is 0.410 e. The maximum Gasteiger partial charge on any atom is 0.410 e. The number of piperidine rings is 1. The van der Waals surface area contributed by atoms with Gasteiger partial charge in [0.1, 0.15) is 17.7 Å². The second-order valence-corrected chi connectivity index (χ2v) is 8.53. The van der Waals surface area contributed by atoms with Crippen molar-refractivity contribution in [2.24, 2.45) is 0 Å². The van der Waals surface area contributed by atoms with E-state index in [0.29, 0.717) is 18.8 Å². The molecule has 1 atom stereocenters. The van der Waals surface area contributed by atoms with Crippen LogP contribution >= 0.6 is 0 Å². The molecule has 31 heavy (non-hydrogen) atoms. The summed E-state index contributed by atoms with van der Waals surface area (Å²) < 4.78 is 15.1. The highest BCUT2D eigenvalue weighted by Crippen LogP contribution is 2.27. The summed E-state index contributed by atoms with van der Waals surface area (Å²) in [5.74, 6) is 0.710. The Morgan fingerprint density at radius 1 is 1.16 bits per heavy atom. The minimum atomic E-state index is -0.534. The van der Waals surface area contributed by atoms with Crippen LogP contribution in [-0.2, 0) is 4.74 Å². The number of para-hydroxylation sites is 1. The third-order valence-corrected chi connectivity index (χ3v) is 4.99. The van der Waals surface area contributed by atoms with Crippen LogP contribution in [0.5, 0.6) is 5.75 Å². The number of nitrogens with zero attached hydrogens (tertiary/aromatic N) is 7. The van der Waals surface area contributed by atoms with E-state index in [2.05, 4.69) is 20.6 Å². The van der Waals surface area contributed by atoms with Gasteiger partial charge in [0.2, 0.25) is 6.23 Å². The van der Waals surface area contributed by atoms with Gasteiger partial charge in [-0.2, -0.15) is 9.78 Å². The van der Waals surface area contributed by atoms with Crippen LogP contribution in [0.3, 0.4) is 0 Å². The van der Waals surface area contributed by atoms with Gasteiger partial charge in [-0.15, -0.1) is 5.10 Å². The number of tetrazole rings is 1. The largest absolute Gasteiger partial charge is 0.464 e. The van der Waals surface area contributed by atoms with Crippen LogP contribution in [0.15, 0.2) is 49.1 Å². The molecule has 10 heteroatoms. The van der Waals surface area contributed by atoms with E-state index >= 15 is 0 Å². The van der Waals surface area contributed by atoms with Crippen LogP contribution in [0.4, 0.5) is 4.79 Å². The summed E-state index contributed by atoms with van der Waals surface area (Å²) in [5.41, 5.74) is 0.347. The molecule has 1 aliphatic heterocycles. The second kappa shape index (κ2) is 8.75. The van der Waals surface area contributed by atoms with E-state index in [-0.39, 0.29) is 12.1 Å². The van der Waals surface area contributed by atoms with E-state index in [1.54, 1.807) is 15.8 Å². The molecular weight excluding hydrogens is 398 g/mol. The predicted molar refractivity (Wildman–Crippen MR) is 111 cm³/mol. The third kappa shape index (κ3) is 5.19. The summed E-state index contributed by atoms with van der Waals surface area (Å²) in [4.78, 5) is 14.1. The lowest BCUT2D eigenvalue weighted by Gasteiger charge is -2.33. The van der Waals surface area contributed by atoms with Gasteiger partial charge in [0.15, 0.2) is 0 Å². The summed E-state index contributed by atoms with van der Waals surface area (Å²) >= 11 is 0. The van der Waals surface area contributed by atoms with Crippen molar-refractivity contribution in [2.45, 2.75) is 51.5 Å². The van der Waals surface area contributed by atoms with Gasteiger partial charge in [0, 0.05) is 19.3 Å². The molecule has 0 saturated carbocycles. The summed E-state index contributed by atoms with van der Waals surface area (Å²) in [5, 5.41) is 16.0. The maximum absolute atomic E-state index is 12.3. The standard InChI is InChI=1S/C21H27N7O3/c1-21(2,3)31-20(29)26-11-9-17(10-12-26)27-14-16(13-23-27)19(28-15-22-24-25-28)30-18-7-5-4-6-8-18/h4-8,13-15,17,19H,9-12H2,1-3H3. The Balaban J connectivity index is 1.44. The quantitative estimate of drug-likeness (QED) is 0.619. The number of carbonyl (C=O) groups is 1. The zero-order valence-corrected chi connectivity index (χ0v) is 18.0. The van der Waals surface area contributed by atoms with Gasteiger partial charge in [-0.3, -0.25) is 4.68 Å². The lowest BCUT2D eigenvalue weighted by molar-refractivity contribution is 0.0184. The maximum atomic E-state index is 12.3. The topological polar surface area (TPSA) is 100 Å². The number of carbonyl (C=O) groups excluding carboxylic acids is 1. The Morgan fingerprint density at radius 2 is 1.90 bits per heavy atom. The van der Waals surface area contributed by atoms with Gasteiger partial charge in [0.05, 0.1) is 17.8 Å². The minimum Gasteiger partial charge on any atom is -0.464 e. The van der Waals surface area contributed by atoms with E-state index in [0.717, 1.165) is 18.4 Å². The Kier molecular flexibility index (Phi) is 5.88. The van der Waals surface area contributed by atoms with E-state index in [9.17, 15) is 4.79 Å². The molecule has 0 N–H and O–H groups in total. The molecule has 0 spiro atoms. The number of rotatable bonds is 5. The Morgan fingerprint density at radius 3 is 2.55 bits per heavy atom. The zero-order valence-electron chi connectivity index (χ0n) is 18.0. The van der Waals surface area contributed by atoms with Crippen molar-refractivity contribution in [1.82, 2.24) is 34.9 Å². The van der Waals surface area contributed by atoms with Crippen molar-refractivity contribution in [1.29, 1.82) is 0 Å². The molecule has 3 aromatic rings. The highest BCUT2D eigenvalue weighted by molar-refractivity contribution is 5.68. The van der Waals surface area contributed by atoms with E-state index in [4.69, 9.17) is 9.47 Å².